The minimum Gasteiger partial charge on any atom is -0.460 e. The first-order valence-corrected chi connectivity index (χ1v) is 5.21. The largest absolute Gasteiger partial charge is 0.460 e. The van der Waals surface area contributed by atoms with E-state index in [0.29, 0.717) is 12.1 Å². The third-order valence-electron chi connectivity index (χ3n) is 2.22. The first kappa shape index (κ1) is 8.94. The standard InChI is InChI=1S/C9H11BrN2O/c1-6-8(10)5-11-9(12-6)13-7-3-2-4-7/h5,7H,2-4H2,1H3. The summed E-state index contributed by atoms with van der Waals surface area (Å²) in [6.45, 7) is 1.93. The second-order valence-electron chi connectivity index (χ2n) is 3.26. The smallest absolute Gasteiger partial charge is 0.316 e. The van der Waals surface area contributed by atoms with Gasteiger partial charge < -0.3 is 4.74 Å². The van der Waals surface area contributed by atoms with Gasteiger partial charge in [0.05, 0.1) is 10.2 Å². The van der Waals surface area contributed by atoms with Gasteiger partial charge in [-0.05, 0) is 42.1 Å². The van der Waals surface area contributed by atoms with Gasteiger partial charge in [0.2, 0.25) is 0 Å². The summed E-state index contributed by atoms with van der Waals surface area (Å²) in [7, 11) is 0. The Hall–Kier alpha value is -0.640. The van der Waals surface area contributed by atoms with Gasteiger partial charge in [-0.25, -0.2) is 4.98 Å². The molecule has 1 aromatic heterocycles. The van der Waals surface area contributed by atoms with Crippen LogP contribution in [0.15, 0.2) is 10.7 Å². The molecule has 0 N–H and O–H groups in total. The number of hydrogen-bond donors (Lipinski definition) is 0. The molecule has 0 amide bonds. The summed E-state index contributed by atoms with van der Waals surface area (Å²) >= 11 is 3.35. The van der Waals surface area contributed by atoms with Crippen molar-refractivity contribution in [2.24, 2.45) is 0 Å². The maximum absolute atomic E-state index is 5.54. The molecule has 1 aliphatic carbocycles. The number of rotatable bonds is 2. The Kier molecular flexibility index (Phi) is 2.49. The molecule has 0 aromatic carbocycles. The van der Waals surface area contributed by atoms with Gasteiger partial charge >= 0.3 is 6.01 Å². The van der Waals surface area contributed by atoms with Crippen molar-refractivity contribution in [3.63, 3.8) is 0 Å². The van der Waals surface area contributed by atoms with Gasteiger partial charge in [0.25, 0.3) is 0 Å². The molecule has 4 heteroatoms. The number of hydrogen-bond acceptors (Lipinski definition) is 3. The van der Waals surface area contributed by atoms with Crippen molar-refractivity contribution in [1.29, 1.82) is 0 Å². The first-order valence-electron chi connectivity index (χ1n) is 4.41. The summed E-state index contributed by atoms with van der Waals surface area (Å²) in [4.78, 5) is 8.30. The third-order valence-corrected chi connectivity index (χ3v) is 3.00. The van der Waals surface area contributed by atoms with Crippen molar-refractivity contribution in [3.05, 3.63) is 16.4 Å². The SMILES string of the molecule is Cc1nc(OC2CCC2)ncc1Br. The number of aryl methyl sites for hydroxylation is 1. The molecule has 0 atom stereocenters. The van der Waals surface area contributed by atoms with E-state index in [0.717, 1.165) is 23.0 Å². The molecular formula is C9H11BrN2O. The van der Waals surface area contributed by atoms with E-state index in [1.165, 1.54) is 6.42 Å². The van der Waals surface area contributed by atoms with Crippen LogP contribution < -0.4 is 4.74 Å². The molecule has 0 bridgehead atoms. The van der Waals surface area contributed by atoms with Crippen LogP contribution in [0.5, 0.6) is 6.01 Å². The van der Waals surface area contributed by atoms with Gasteiger partial charge in [0.1, 0.15) is 6.10 Å². The van der Waals surface area contributed by atoms with E-state index in [-0.39, 0.29) is 0 Å². The van der Waals surface area contributed by atoms with Gasteiger partial charge in [-0.3, -0.25) is 0 Å². The van der Waals surface area contributed by atoms with E-state index in [1.54, 1.807) is 6.20 Å². The van der Waals surface area contributed by atoms with Crippen molar-refractivity contribution < 1.29 is 4.74 Å². The maximum Gasteiger partial charge on any atom is 0.316 e. The second-order valence-corrected chi connectivity index (χ2v) is 4.11. The normalized spacial score (nSPS) is 16.8. The Morgan fingerprint density at radius 2 is 2.31 bits per heavy atom. The topological polar surface area (TPSA) is 35.0 Å². The molecule has 1 heterocycles. The molecule has 0 saturated heterocycles. The predicted molar refractivity (Wildman–Crippen MR) is 52.7 cm³/mol. The van der Waals surface area contributed by atoms with Crippen LogP contribution in [-0.4, -0.2) is 16.1 Å². The molecule has 3 nitrogen and oxygen atoms in total. The highest BCUT2D eigenvalue weighted by molar-refractivity contribution is 9.10. The average molecular weight is 243 g/mol. The summed E-state index contributed by atoms with van der Waals surface area (Å²) < 4.78 is 6.47. The predicted octanol–water partition coefficient (Wildman–Crippen LogP) is 2.48. The van der Waals surface area contributed by atoms with Crippen LogP contribution in [0.1, 0.15) is 25.0 Å². The molecule has 0 radical (unpaired) electrons. The highest BCUT2D eigenvalue weighted by atomic mass is 79.9. The Balaban J connectivity index is 2.07. The molecular weight excluding hydrogens is 232 g/mol. The molecule has 1 aromatic rings. The Morgan fingerprint density at radius 1 is 1.54 bits per heavy atom. The van der Waals surface area contributed by atoms with E-state index in [9.17, 15) is 0 Å². The van der Waals surface area contributed by atoms with E-state index < -0.39 is 0 Å². The molecule has 13 heavy (non-hydrogen) atoms. The van der Waals surface area contributed by atoms with Crippen LogP contribution in [0.2, 0.25) is 0 Å². The molecule has 0 unspecified atom stereocenters. The van der Waals surface area contributed by atoms with Gasteiger partial charge in [0.15, 0.2) is 0 Å². The van der Waals surface area contributed by atoms with Crippen LogP contribution in [0.25, 0.3) is 0 Å². The van der Waals surface area contributed by atoms with Gasteiger partial charge in [0, 0.05) is 6.20 Å². The fourth-order valence-electron chi connectivity index (χ4n) is 1.13. The van der Waals surface area contributed by atoms with Crippen molar-refractivity contribution in [2.45, 2.75) is 32.3 Å². The fraction of sp³-hybridized carbons (Fsp3) is 0.556. The van der Waals surface area contributed by atoms with E-state index in [2.05, 4.69) is 25.9 Å². The van der Waals surface area contributed by atoms with Crippen LogP contribution in [0, 0.1) is 6.92 Å². The van der Waals surface area contributed by atoms with Gasteiger partial charge in [-0.15, -0.1) is 0 Å². The lowest BCUT2D eigenvalue weighted by atomic mass is 9.96. The fourth-order valence-corrected chi connectivity index (χ4v) is 1.32. The van der Waals surface area contributed by atoms with Crippen molar-refractivity contribution >= 4 is 15.9 Å². The quantitative estimate of drug-likeness (QED) is 0.800. The summed E-state index contributed by atoms with van der Waals surface area (Å²) in [5, 5.41) is 0. The van der Waals surface area contributed by atoms with Crippen molar-refractivity contribution in [2.75, 3.05) is 0 Å². The lowest BCUT2D eigenvalue weighted by Crippen LogP contribution is -2.25. The highest BCUT2D eigenvalue weighted by Crippen LogP contribution is 2.23. The maximum atomic E-state index is 5.54. The second kappa shape index (κ2) is 3.62. The number of halogens is 1. The minimum atomic E-state index is 0.348. The van der Waals surface area contributed by atoms with Crippen LogP contribution >= 0.6 is 15.9 Å². The molecule has 2 rings (SSSR count). The lowest BCUT2D eigenvalue weighted by Gasteiger charge is -2.25. The van der Waals surface area contributed by atoms with Crippen LogP contribution in [0.3, 0.4) is 0 Å². The number of nitrogens with zero attached hydrogens (tertiary/aromatic N) is 2. The number of ether oxygens (including phenoxy) is 1. The van der Waals surface area contributed by atoms with Crippen molar-refractivity contribution in [3.8, 4) is 6.01 Å². The van der Waals surface area contributed by atoms with Crippen LogP contribution in [0.4, 0.5) is 0 Å². The molecule has 0 aliphatic heterocycles. The highest BCUT2D eigenvalue weighted by Gasteiger charge is 2.20. The molecule has 1 aliphatic rings. The monoisotopic (exact) mass is 242 g/mol. The first-order chi connectivity index (χ1) is 6.25. The summed E-state index contributed by atoms with van der Waals surface area (Å²) in [5.74, 6) is 0. The summed E-state index contributed by atoms with van der Waals surface area (Å²) in [6, 6.07) is 0.505. The molecule has 70 valence electrons. The van der Waals surface area contributed by atoms with Gasteiger partial charge in [-0.1, -0.05) is 0 Å². The zero-order chi connectivity index (χ0) is 9.26. The zero-order valence-corrected chi connectivity index (χ0v) is 9.04. The zero-order valence-electron chi connectivity index (χ0n) is 7.46. The molecule has 1 fully saturated rings. The van der Waals surface area contributed by atoms with E-state index in [4.69, 9.17) is 4.74 Å². The Bertz CT molecular complexity index is 312. The lowest BCUT2D eigenvalue weighted by molar-refractivity contribution is 0.108. The number of aromatic nitrogens is 2. The molecule has 1 saturated carbocycles. The van der Waals surface area contributed by atoms with Gasteiger partial charge in [-0.2, -0.15) is 4.98 Å². The van der Waals surface area contributed by atoms with E-state index >= 15 is 0 Å². The third kappa shape index (κ3) is 1.99. The average Bonchev–Trinajstić information content (AvgIpc) is 2.04. The molecule has 0 spiro atoms. The van der Waals surface area contributed by atoms with E-state index in [1.807, 2.05) is 6.92 Å². The summed E-state index contributed by atoms with van der Waals surface area (Å²) in [5.41, 5.74) is 0.921. The minimum absolute atomic E-state index is 0.348. The Labute approximate surface area is 85.7 Å². The van der Waals surface area contributed by atoms with Crippen molar-refractivity contribution in [1.82, 2.24) is 9.97 Å². The van der Waals surface area contributed by atoms with Crippen LogP contribution in [-0.2, 0) is 0 Å². The Morgan fingerprint density at radius 3 is 2.85 bits per heavy atom. The summed E-state index contributed by atoms with van der Waals surface area (Å²) in [6.07, 6.45) is 5.62.